The van der Waals surface area contributed by atoms with Crippen molar-refractivity contribution in [3.63, 3.8) is 0 Å². The van der Waals surface area contributed by atoms with Crippen LogP contribution in [0.3, 0.4) is 0 Å². The number of rotatable bonds is 1. The second kappa shape index (κ2) is 2.21. The van der Waals surface area contributed by atoms with Crippen LogP contribution in [0.2, 0.25) is 0 Å². The summed E-state index contributed by atoms with van der Waals surface area (Å²) < 4.78 is 0. The van der Waals surface area contributed by atoms with Crippen molar-refractivity contribution in [3.05, 3.63) is 0 Å². The normalized spacial score (nSPS) is 52.2. The Hall–Kier alpha value is -0.0800. The van der Waals surface area contributed by atoms with Crippen molar-refractivity contribution in [1.82, 2.24) is 0 Å². The third-order valence-corrected chi connectivity index (χ3v) is 3.31. The number of fused-ring (bicyclic) bond motifs is 1. The van der Waals surface area contributed by atoms with E-state index in [-0.39, 0.29) is 0 Å². The van der Waals surface area contributed by atoms with Gasteiger partial charge in [-0.2, -0.15) is 0 Å². The van der Waals surface area contributed by atoms with Gasteiger partial charge in [-0.1, -0.05) is 0 Å². The van der Waals surface area contributed by atoms with Gasteiger partial charge in [0.1, 0.15) is 0 Å². The van der Waals surface area contributed by atoms with Crippen LogP contribution >= 0.6 is 0 Å². The van der Waals surface area contributed by atoms with Crippen molar-refractivity contribution in [2.45, 2.75) is 25.3 Å². The molecular weight excluding hydrogens is 124 g/mol. The maximum Gasteiger partial charge on any atom is 0.00726 e. The first kappa shape index (κ1) is 6.62. The Morgan fingerprint density at radius 2 is 2.00 bits per heavy atom. The molecule has 58 valence electrons. The van der Waals surface area contributed by atoms with Crippen LogP contribution in [0.25, 0.3) is 0 Å². The molecule has 2 rings (SSSR count). The highest BCUT2D eigenvalue weighted by molar-refractivity contribution is 4.98. The van der Waals surface area contributed by atoms with Crippen molar-refractivity contribution in [2.75, 3.05) is 6.54 Å². The molecule has 2 nitrogen and oxygen atoms in total. The van der Waals surface area contributed by atoms with Gasteiger partial charge >= 0.3 is 0 Å². The minimum absolute atomic E-state index is 0.515. The van der Waals surface area contributed by atoms with Crippen molar-refractivity contribution < 1.29 is 0 Å². The van der Waals surface area contributed by atoms with Crippen LogP contribution in [0.4, 0.5) is 0 Å². The molecule has 0 aromatic heterocycles. The van der Waals surface area contributed by atoms with E-state index in [1.165, 1.54) is 19.3 Å². The molecule has 0 bridgehead atoms. The van der Waals surface area contributed by atoms with Crippen molar-refractivity contribution in [3.8, 4) is 0 Å². The molecule has 2 saturated carbocycles. The molecule has 0 aliphatic heterocycles. The van der Waals surface area contributed by atoms with Gasteiger partial charge in [0.2, 0.25) is 0 Å². The van der Waals surface area contributed by atoms with E-state index in [0.717, 1.165) is 24.3 Å². The standard InChI is InChI=1S/C8H16N2/c9-4-5-1-6-3-8(10)7(6)2-5/h5-8H,1-4,9-10H2/t5?,6-,7-,8?/m1/s1. The summed E-state index contributed by atoms with van der Waals surface area (Å²) in [5.41, 5.74) is 11.4. The Kier molecular flexibility index (Phi) is 1.46. The topological polar surface area (TPSA) is 52.0 Å². The molecule has 2 fully saturated rings. The minimum atomic E-state index is 0.515. The van der Waals surface area contributed by atoms with Gasteiger partial charge in [0.15, 0.2) is 0 Å². The highest BCUT2D eigenvalue weighted by Crippen LogP contribution is 2.48. The van der Waals surface area contributed by atoms with Crippen LogP contribution in [0.15, 0.2) is 0 Å². The van der Waals surface area contributed by atoms with Gasteiger partial charge in [-0.3, -0.25) is 0 Å². The van der Waals surface area contributed by atoms with Gasteiger partial charge in [0.25, 0.3) is 0 Å². The summed E-state index contributed by atoms with van der Waals surface area (Å²) in [6.45, 7) is 0.875. The average Bonchev–Trinajstić information content (AvgIpc) is 2.26. The van der Waals surface area contributed by atoms with E-state index in [9.17, 15) is 0 Å². The zero-order valence-corrected chi connectivity index (χ0v) is 6.29. The van der Waals surface area contributed by atoms with E-state index in [2.05, 4.69) is 0 Å². The highest BCUT2D eigenvalue weighted by atomic mass is 14.7. The lowest BCUT2D eigenvalue weighted by molar-refractivity contribution is 0.173. The zero-order valence-electron chi connectivity index (χ0n) is 6.29. The molecule has 0 radical (unpaired) electrons. The van der Waals surface area contributed by atoms with Crippen molar-refractivity contribution >= 4 is 0 Å². The summed E-state index contributed by atoms with van der Waals surface area (Å²) in [6.07, 6.45) is 3.93. The summed E-state index contributed by atoms with van der Waals surface area (Å²) >= 11 is 0. The first-order chi connectivity index (χ1) is 4.81. The Morgan fingerprint density at radius 3 is 2.50 bits per heavy atom. The van der Waals surface area contributed by atoms with Crippen LogP contribution in [0, 0.1) is 17.8 Å². The first-order valence-corrected chi connectivity index (χ1v) is 4.27. The van der Waals surface area contributed by atoms with Gasteiger partial charge in [0, 0.05) is 6.04 Å². The number of nitrogens with two attached hydrogens (primary N) is 2. The predicted octanol–water partition coefficient (Wildman–Crippen LogP) is 0.319. The molecule has 4 atom stereocenters. The van der Waals surface area contributed by atoms with E-state index >= 15 is 0 Å². The van der Waals surface area contributed by atoms with Crippen molar-refractivity contribution in [2.24, 2.45) is 29.2 Å². The number of hydrogen-bond acceptors (Lipinski definition) is 2. The van der Waals surface area contributed by atoms with Crippen molar-refractivity contribution in [1.29, 1.82) is 0 Å². The van der Waals surface area contributed by atoms with Crippen LogP contribution in [-0.4, -0.2) is 12.6 Å². The molecular formula is C8H16N2. The second-order valence-electron chi connectivity index (χ2n) is 3.90. The summed E-state index contributed by atoms with van der Waals surface area (Å²) in [5, 5.41) is 0. The van der Waals surface area contributed by atoms with Crippen LogP contribution in [-0.2, 0) is 0 Å². The smallest absolute Gasteiger partial charge is 0.00726 e. The van der Waals surface area contributed by atoms with Crippen LogP contribution < -0.4 is 11.5 Å². The van der Waals surface area contributed by atoms with Crippen LogP contribution in [0.5, 0.6) is 0 Å². The fourth-order valence-electron chi connectivity index (χ4n) is 2.59. The van der Waals surface area contributed by atoms with Gasteiger partial charge < -0.3 is 11.5 Å². The SMILES string of the molecule is NCC1C[C@@H]2CC(N)[C@@H]2C1. The minimum Gasteiger partial charge on any atom is -0.330 e. The molecule has 0 saturated heterocycles. The molecule has 4 N–H and O–H groups in total. The number of hydrogen-bond donors (Lipinski definition) is 2. The molecule has 2 unspecified atom stereocenters. The third kappa shape index (κ3) is 0.789. The summed E-state index contributed by atoms with van der Waals surface area (Å²) in [5.74, 6) is 2.58. The summed E-state index contributed by atoms with van der Waals surface area (Å²) in [4.78, 5) is 0. The van der Waals surface area contributed by atoms with Gasteiger partial charge in [0.05, 0.1) is 0 Å². The Labute approximate surface area is 62.0 Å². The molecule has 10 heavy (non-hydrogen) atoms. The lowest BCUT2D eigenvalue weighted by atomic mass is 9.72. The molecule has 0 aromatic carbocycles. The third-order valence-electron chi connectivity index (χ3n) is 3.31. The largest absolute Gasteiger partial charge is 0.330 e. The second-order valence-corrected chi connectivity index (χ2v) is 3.90. The van der Waals surface area contributed by atoms with E-state index in [0.29, 0.717) is 6.04 Å². The fourth-order valence-corrected chi connectivity index (χ4v) is 2.59. The lowest BCUT2D eigenvalue weighted by Gasteiger charge is -2.37. The van der Waals surface area contributed by atoms with E-state index in [4.69, 9.17) is 11.5 Å². The molecule has 0 heterocycles. The van der Waals surface area contributed by atoms with E-state index < -0.39 is 0 Å². The Bertz CT molecular complexity index is 135. The van der Waals surface area contributed by atoms with Gasteiger partial charge in [-0.25, -0.2) is 0 Å². The zero-order chi connectivity index (χ0) is 7.14. The molecule has 2 aliphatic rings. The Balaban J connectivity index is 1.93. The molecule has 0 amide bonds. The summed E-state index contributed by atoms with van der Waals surface area (Å²) in [7, 11) is 0. The maximum absolute atomic E-state index is 5.84. The molecule has 0 spiro atoms. The highest BCUT2D eigenvalue weighted by Gasteiger charge is 2.45. The van der Waals surface area contributed by atoms with Crippen LogP contribution in [0.1, 0.15) is 19.3 Å². The van der Waals surface area contributed by atoms with E-state index in [1.54, 1.807) is 0 Å². The monoisotopic (exact) mass is 140 g/mol. The lowest BCUT2D eigenvalue weighted by Crippen LogP contribution is -2.44. The van der Waals surface area contributed by atoms with Gasteiger partial charge in [-0.15, -0.1) is 0 Å². The summed E-state index contributed by atoms with van der Waals surface area (Å²) in [6, 6.07) is 0.515. The maximum atomic E-state index is 5.84. The first-order valence-electron chi connectivity index (χ1n) is 4.27. The quantitative estimate of drug-likeness (QED) is 0.551. The molecule has 2 heteroatoms. The molecule has 0 aromatic rings. The average molecular weight is 140 g/mol. The van der Waals surface area contributed by atoms with E-state index in [1.807, 2.05) is 0 Å². The Morgan fingerprint density at radius 1 is 1.20 bits per heavy atom. The molecule has 2 aliphatic carbocycles. The van der Waals surface area contributed by atoms with Gasteiger partial charge in [-0.05, 0) is 43.6 Å². The predicted molar refractivity (Wildman–Crippen MR) is 41.4 cm³/mol. The fraction of sp³-hybridized carbons (Fsp3) is 1.00.